The number of carbonyl (C=O) groups excluding carboxylic acids is 1. The van der Waals surface area contributed by atoms with Crippen molar-refractivity contribution in [2.45, 2.75) is 24.4 Å². The van der Waals surface area contributed by atoms with Gasteiger partial charge in [-0.2, -0.15) is 43.9 Å². The van der Waals surface area contributed by atoms with E-state index in [1.807, 2.05) is 6.58 Å². The molecule has 0 bridgehead atoms. The van der Waals surface area contributed by atoms with Gasteiger partial charge in [-0.1, -0.05) is 6.58 Å². The molecule has 12 heteroatoms. The Bertz CT molecular complexity index is 359. The van der Waals surface area contributed by atoms with Crippen LogP contribution in [0.15, 0.2) is 12.2 Å². The van der Waals surface area contributed by atoms with Crippen LogP contribution in [0.1, 0.15) is 0 Å². The second-order valence-electron chi connectivity index (χ2n) is 2.96. The zero-order chi connectivity index (χ0) is 15.9. The minimum atomic E-state index is -6.81. The molecular weight excluding hydrogens is 306 g/mol. The first-order valence-corrected chi connectivity index (χ1v) is 3.86. The molecule has 112 valence electrons. The molecule has 0 N–H and O–H groups in total. The topological polar surface area (TPSA) is 26.3 Å². The first kappa shape index (κ1) is 17.5. The maximum Gasteiger partial charge on any atom is 0.470 e. The van der Waals surface area contributed by atoms with Crippen molar-refractivity contribution in [1.29, 1.82) is 0 Å². The standard InChI is InChI=1S/C7H2F10O2/c1-2(4(8,9)10)3(18)19-5(11,6(12,13)14)7(15,16)17/h1H2. The summed E-state index contributed by atoms with van der Waals surface area (Å²) in [5.74, 6) is -9.80. The minimum Gasteiger partial charge on any atom is -0.409 e. The highest BCUT2D eigenvalue weighted by atomic mass is 19.4. The van der Waals surface area contributed by atoms with E-state index in [0.717, 1.165) is 0 Å². The SMILES string of the molecule is C=C(C(=O)OC(F)(C(F)(F)F)C(F)(F)F)C(F)(F)F. The number of hydrogen-bond acceptors (Lipinski definition) is 2. The van der Waals surface area contributed by atoms with Crippen LogP contribution in [0.25, 0.3) is 0 Å². The summed E-state index contributed by atoms with van der Waals surface area (Å²) in [5, 5.41) is 0. The Labute approximate surface area is 97.2 Å². The van der Waals surface area contributed by atoms with Gasteiger partial charge >= 0.3 is 30.4 Å². The fraction of sp³-hybridized carbons (Fsp3) is 0.571. The second-order valence-corrected chi connectivity index (χ2v) is 2.96. The molecule has 0 unspecified atom stereocenters. The van der Waals surface area contributed by atoms with Gasteiger partial charge in [-0.3, -0.25) is 0 Å². The molecular formula is C7H2F10O2. The Morgan fingerprint density at radius 1 is 0.789 bits per heavy atom. The summed E-state index contributed by atoms with van der Waals surface area (Å²) in [4.78, 5) is 10.4. The Morgan fingerprint density at radius 3 is 1.32 bits per heavy atom. The summed E-state index contributed by atoms with van der Waals surface area (Å²) in [6, 6.07) is 0. The molecule has 0 aromatic rings. The first-order chi connectivity index (χ1) is 8.04. The van der Waals surface area contributed by atoms with Crippen LogP contribution in [0.4, 0.5) is 43.9 Å². The highest BCUT2D eigenvalue weighted by Crippen LogP contribution is 2.47. The van der Waals surface area contributed by atoms with Crippen molar-refractivity contribution < 1.29 is 53.4 Å². The monoisotopic (exact) mass is 308 g/mol. The molecule has 0 aromatic heterocycles. The summed E-state index contributed by atoms with van der Waals surface area (Å²) in [5.41, 5.74) is -2.72. The molecule has 0 aliphatic rings. The third-order valence-corrected chi connectivity index (χ3v) is 1.55. The Hall–Kier alpha value is -1.49. The molecule has 0 amide bonds. The smallest absolute Gasteiger partial charge is 0.409 e. The maximum atomic E-state index is 12.7. The van der Waals surface area contributed by atoms with Crippen molar-refractivity contribution in [3.05, 3.63) is 12.2 Å². The lowest BCUT2D eigenvalue weighted by molar-refractivity contribution is -0.416. The number of hydrogen-bond donors (Lipinski definition) is 0. The highest BCUT2D eigenvalue weighted by molar-refractivity contribution is 5.89. The normalized spacial score (nSPS) is 14.2. The highest BCUT2D eigenvalue weighted by Gasteiger charge is 2.77. The molecule has 0 spiro atoms. The number of alkyl halides is 10. The molecule has 0 heterocycles. The lowest BCUT2D eigenvalue weighted by atomic mass is 10.2. The van der Waals surface area contributed by atoms with Gasteiger partial charge in [0.2, 0.25) is 0 Å². The van der Waals surface area contributed by atoms with Crippen LogP contribution in [0.3, 0.4) is 0 Å². The third-order valence-electron chi connectivity index (χ3n) is 1.55. The molecule has 2 nitrogen and oxygen atoms in total. The van der Waals surface area contributed by atoms with Crippen molar-refractivity contribution in [1.82, 2.24) is 0 Å². The molecule has 0 aliphatic carbocycles. The Morgan fingerprint density at radius 2 is 1.11 bits per heavy atom. The number of ether oxygens (including phenoxy) is 1. The largest absolute Gasteiger partial charge is 0.470 e. The summed E-state index contributed by atoms with van der Waals surface area (Å²) in [6.07, 6.45) is -19.3. The van der Waals surface area contributed by atoms with Gasteiger partial charge in [0, 0.05) is 0 Å². The average Bonchev–Trinajstić information content (AvgIpc) is 2.11. The van der Waals surface area contributed by atoms with E-state index < -0.39 is 35.9 Å². The van der Waals surface area contributed by atoms with Crippen LogP contribution in [-0.4, -0.2) is 30.4 Å². The lowest BCUT2D eigenvalue weighted by Gasteiger charge is -2.29. The molecule has 0 atom stereocenters. The van der Waals surface area contributed by atoms with Gasteiger partial charge in [0.1, 0.15) is 5.57 Å². The molecule has 0 aliphatic heterocycles. The van der Waals surface area contributed by atoms with Crippen molar-refractivity contribution >= 4 is 5.97 Å². The van der Waals surface area contributed by atoms with Crippen LogP contribution < -0.4 is 0 Å². The third kappa shape index (κ3) is 3.50. The van der Waals surface area contributed by atoms with E-state index in [1.165, 1.54) is 0 Å². The van der Waals surface area contributed by atoms with Crippen LogP contribution in [-0.2, 0) is 9.53 Å². The van der Waals surface area contributed by atoms with Gasteiger partial charge < -0.3 is 4.74 Å². The van der Waals surface area contributed by atoms with Crippen LogP contribution in [0.2, 0.25) is 0 Å². The van der Waals surface area contributed by atoms with Crippen LogP contribution in [0, 0.1) is 0 Å². The van der Waals surface area contributed by atoms with E-state index in [2.05, 4.69) is 4.74 Å². The maximum absolute atomic E-state index is 12.7. The molecule has 0 saturated carbocycles. The van der Waals surface area contributed by atoms with Gasteiger partial charge in [-0.05, 0) is 0 Å². The van der Waals surface area contributed by atoms with Crippen LogP contribution >= 0.6 is 0 Å². The van der Waals surface area contributed by atoms with E-state index in [4.69, 9.17) is 0 Å². The summed E-state index contributed by atoms with van der Waals surface area (Å²) in [7, 11) is 0. The van der Waals surface area contributed by atoms with Gasteiger partial charge in [0.15, 0.2) is 0 Å². The predicted molar refractivity (Wildman–Crippen MR) is 37.2 cm³/mol. The van der Waals surface area contributed by atoms with E-state index >= 15 is 0 Å². The molecule has 0 radical (unpaired) electrons. The number of halogens is 10. The van der Waals surface area contributed by atoms with Gasteiger partial charge in [0.05, 0.1) is 0 Å². The van der Waals surface area contributed by atoms with E-state index in [0.29, 0.717) is 0 Å². The minimum absolute atomic E-state index is 1.87. The average molecular weight is 308 g/mol. The second kappa shape index (κ2) is 4.56. The van der Waals surface area contributed by atoms with E-state index in [1.54, 1.807) is 0 Å². The molecule has 0 aromatic carbocycles. The van der Waals surface area contributed by atoms with Gasteiger partial charge in [-0.25, -0.2) is 4.79 Å². The number of rotatable bonds is 2. The Balaban J connectivity index is 5.42. The van der Waals surface area contributed by atoms with E-state index in [-0.39, 0.29) is 0 Å². The summed E-state index contributed by atoms with van der Waals surface area (Å²) in [6.45, 7) is 1.87. The number of carbonyl (C=O) groups is 1. The van der Waals surface area contributed by atoms with Crippen molar-refractivity contribution in [2.75, 3.05) is 0 Å². The molecule has 19 heavy (non-hydrogen) atoms. The predicted octanol–water partition coefficient (Wildman–Crippen LogP) is 3.44. The summed E-state index contributed by atoms with van der Waals surface area (Å²) >= 11 is 0. The molecule has 0 saturated heterocycles. The molecule has 0 fully saturated rings. The fourth-order valence-electron chi connectivity index (χ4n) is 0.582. The zero-order valence-electron chi connectivity index (χ0n) is 8.30. The van der Waals surface area contributed by atoms with Crippen LogP contribution in [0.5, 0.6) is 0 Å². The number of esters is 1. The quantitative estimate of drug-likeness (QED) is 0.444. The zero-order valence-corrected chi connectivity index (χ0v) is 8.30. The van der Waals surface area contributed by atoms with Crippen molar-refractivity contribution in [3.63, 3.8) is 0 Å². The molecule has 0 rings (SSSR count). The van der Waals surface area contributed by atoms with Gasteiger partial charge in [-0.15, -0.1) is 0 Å². The van der Waals surface area contributed by atoms with Crippen molar-refractivity contribution in [3.8, 4) is 0 Å². The fourth-order valence-corrected chi connectivity index (χ4v) is 0.582. The lowest BCUT2D eigenvalue weighted by Crippen LogP contribution is -2.56. The van der Waals surface area contributed by atoms with Gasteiger partial charge in [0.25, 0.3) is 0 Å². The van der Waals surface area contributed by atoms with Crippen molar-refractivity contribution in [2.24, 2.45) is 0 Å². The summed E-state index contributed by atoms with van der Waals surface area (Å²) < 4.78 is 121. The van der Waals surface area contributed by atoms with E-state index in [9.17, 15) is 48.7 Å². The first-order valence-electron chi connectivity index (χ1n) is 3.86. The Kier molecular flexibility index (Phi) is 4.20.